The number of nitrogen functional groups attached to an aromatic ring is 1. The summed E-state index contributed by atoms with van der Waals surface area (Å²) in [5.41, 5.74) is 8.88. The second-order valence-electron chi connectivity index (χ2n) is 8.46. The van der Waals surface area contributed by atoms with Gasteiger partial charge in [0.2, 0.25) is 0 Å². The van der Waals surface area contributed by atoms with Crippen LogP contribution < -0.4 is 11.1 Å². The minimum absolute atomic E-state index is 0.0456. The van der Waals surface area contributed by atoms with Crippen LogP contribution >= 0.6 is 0 Å². The highest BCUT2D eigenvalue weighted by molar-refractivity contribution is 5.96. The largest absolute Gasteiger partial charge is 0.508 e. The number of hydrogen-bond donors (Lipinski definition) is 4. The first-order valence-corrected chi connectivity index (χ1v) is 10.9. The van der Waals surface area contributed by atoms with Gasteiger partial charge in [-0.25, -0.2) is 4.98 Å². The molecule has 4 rings (SSSR count). The van der Waals surface area contributed by atoms with Gasteiger partial charge in [-0.15, -0.1) is 0 Å². The molecule has 2 heterocycles. The number of phenolic OH excluding ortho intramolecular Hbond substituents is 1. The summed E-state index contributed by atoms with van der Waals surface area (Å²) in [5.74, 6) is 0.958. The number of fused-ring (bicyclic) bond motifs is 1. The summed E-state index contributed by atoms with van der Waals surface area (Å²) in [6, 6.07) is 10.8. The van der Waals surface area contributed by atoms with Crippen molar-refractivity contribution >= 4 is 28.2 Å². The van der Waals surface area contributed by atoms with Crippen LogP contribution in [0.4, 0.5) is 5.82 Å². The van der Waals surface area contributed by atoms with E-state index in [2.05, 4.69) is 27.3 Å². The lowest BCUT2D eigenvalue weighted by Crippen LogP contribution is -2.31. The molecule has 1 saturated heterocycles. The predicted octanol–water partition coefficient (Wildman–Crippen LogP) is 3.87. The number of Topliss-reactive ketones (excluding diaryl/α,β-unsaturated/α-hetero) is 1. The number of nitrogens with two attached hydrogens (primary N) is 1. The molecule has 3 aromatic rings. The normalized spacial score (nSPS) is 15.1. The van der Waals surface area contributed by atoms with E-state index in [-0.39, 0.29) is 23.4 Å². The molecule has 0 aliphatic carbocycles. The lowest BCUT2D eigenvalue weighted by atomic mass is 9.94. The first-order valence-electron chi connectivity index (χ1n) is 10.9. The molecule has 2 aromatic carbocycles. The van der Waals surface area contributed by atoms with E-state index < -0.39 is 0 Å². The van der Waals surface area contributed by atoms with Gasteiger partial charge in [0.15, 0.2) is 5.78 Å². The molecule has 32 heavy (non-hydrogen) atoms. The Morgan fingerprint density at radius 3 is 2.69 bits per heavy atom. The Morgan fingerprint density at radius 2 is 2.00 bits per heavy atom. The lowest BCUT2D eigenvalue weighted by molar-refractivity contribution is -0.122. The number of amidine groups is 1. The van der Waals surface area contributed by atoms with Gasteiger partial charge in [0.1, 0.15) is 17.4 Å². The average Bonchev–Trinajstić information content (AvgIpc) is 3.27. The maximum absolute atomic E-state index is 12.5. The zero-order chi connectivity index (χ0) is 22.8. The number of nitrogens with one attached hydrogen (secondary N) is 2. The molecule has 7 nitrogen and oxygen atoms in total. The number of aryl methyl sites for hydroxylation is 1. The molecule has 7 heteroatoms. The Labute approximate surface area is 187 Å². The summed E-state index contributed by atoms with van der Waals surface area (Å²) in [4.78, 5) is 19.3. The molecule has 1 aliphatic heterocycles. The molecule has 0 radical (unpaired) electrons. The topological polar surface area (TPSA) is 115 Å². The van der Waals surface area contributed by atoms with Crippen molar-refractivity contribution in [3.05, 3.63) is 64.8 Å². The number of carbonyl (C=O) groups is 1. The van der Waals surface area contributed by atoms with Gasteiger partial charge in [-0.1, -0.05) is 0 Å². The summed E-state index contributed by atoms with van der Waals surface area (Å²) >= 11 is 0. The Morgan fingerprint density at radius 1 is 1.25 bits per heavy atom. The van der Waals surface area contributed by atoms with Crippen LogP contribution in [-0.2, 0) is 11.3 Å². The Balaban J connectivity index is 1.66. The molecule has 0 bridgehead atoms. The number of nitrogens with zero attached hydrogens (tertiary/aromatic N) is 2. The maximum Gasteiger partial charge on any atom is 0.151 e. The molecule has 1 aliphatic rings. The van der Waals surface area contributed by atoms with Crippen molar-refractivity contribution in [1.82, 2.24) is 9.88 Å². The molecule has 5 N–H and O–H groups in total. The van der Waals surface area contributed by atoms with Gasteiger partial charge < -0.3 is 16.2 Å². The Kier molecular flexibility index (Phi) is 6.10. The molecule has 1 fully saturated rings. The summed E-state index contributed by atoms with van der Waals surface area (Å²) in [7, 11) is 0. The van der Waals surface area contributed by atoms with Crippen molar-refractivity contribution in [2.45, 2.75) is 39.3 Å². The number of carbonyl (C=O) groups excluding carboxylic acids is 1. The van der Waals surface area contributed by atoms with E-state index in [1.165, 1.54) is 0 Å². The Hall–Kier alpha value is -3.45. The molecule has 166 valence electrons. The molecule has 1 unspecified atom stereocenters. The summed E-state index contributed by atoms with van der Waals surface area (Å²) in [6.45, 7) is 5.96. The number of aromatic hydroxyl groups is 1. The smallest absolute Gasteiger partial charge is 0.151 e. The fourth-order valence-electron chi connectivity index (χ4n) is 4.53. The number of ketones is 1. The number of likely N-dealkylation sites (tertiary alicyclic amines) is 1. The summed E-state index contributed by atoms with van der Waals surface area (Å²) in [5, 5.41) is 23.1. The minimum atomic E-state index is -0.210. The lowest BCUT2D eigenvalue weighted by Gasteiger charge is -2.27. The van der Waals surface area contributed by atoms with Crippen LogP contribution in [-0.4, -0.2) is 39.7 Å². The van der Waals surface area contributed by atoms with Crippen LogP contribution in [0.1, 0.15) is 48.1 Å². The molecule has 0 spiro atoms. The van der Waals surface area contributed by atoms with E-state index in [1.807, 2.05) is 13.0 Å². The third-order valence-corrected chi connectivity index (χ3v) is 6.17. The van der Waals surface area contributed by atoms with Crippen LogP contribution in [0.2, 0.25) is 0 Å². The van der Waals surface area contributed by atoms with Gasteiger partial charge >= 0.3 is 0 Å². The van der Waals surface area contributed by atoms with Crippen LogP contribution in [0.3, 0.4) is 0 Å². The van der Waals surface area contributed by atoms with E-state index in [1.54, 1.807) is 31.3 Å². The van der Waals surface area contributed by atoms with Gasteiger partial charge in [-0.3, -0.25) is 15.1 Å². The van der Waals surface area contributed by atoms with Crippen LogP contribution in [0.15, 0.2) is 42.6 Å². The van der Waals surface area contributed by atoms with Gasteiger partial charge in [0, 0.05) is 29.3 Å². The number of hydrogen-bond acceptors (Lipinski definition) is 6. The third-order valence-electron chi connectivity index (χ3n) is 6.17. The van der Waals surface area contributed by atoms with Gasteiger partial charge in [0.05, 0.1) is 6.04 Å². The molecule has 1 aromatic heterocycles. The zero-order valence-corrected chi connectivity index (χ0v) is 18.5. The van der Waals surface area contributed by atoms with Crippen LogP contribution in [0.25, 0.3) is 10.8 Å². The number of pyridine rings is 1. The number of phenols is 1. The van der Waals surface area contributed by atoms with Crippen molar-refractivity contribution in [3.63, 3.8) is 0 Å². The molecule has 1 atom stereocenters. The van der Waals surface area contributed by atoms with Crippen molar-refractivity contribution in [2.24, 2.45) is 5.73 Å². The van der Waals surface area contributed by atoms with Gasteiger partial charge in [0.25, 0.3) is 0 Å². The number of rotatable bonds is 7. The highest BCUT2D eigenvalue weighted by atomic mass is 16.3. The van der Waals surface area contributed by atoms with Gasteiger partial charge in [-0.2, -0.15) is 0 Å². The quantitative estimate of drug-likeness (QED) is 0.333. The predicted molar refractivity (Wildman–Crippen MR) is 127 cm³/mol. The number of anilines is 1. The van der Waals surface area contributed by atoms with Crippen molar-refractivity contribution < 1.29 is 9.90 Å². The third kappa shape index (κ3) is 4.29. The van der Waals surface area contributed by atoms with E-state index >= 15 is 0 Å². The number of aromatic nitrogens is 1. The standard InChI is InChI=1S/C25H29N5O2/c1-15-11-21-17(13-20(15)23(16(2)31)30-9-3-4-10-30)7-8-28-25(21)29-14-19-12-18(24(26)27)5-6-22(19)32/h5-8,11-13,23,32H,3-4,9-10,14H2,1-2H3,(H3,26,27)(H,28,29). The van der Waals surface area contributed by atoms with E-state index in [4.69, 9.17) is 11.1 Å². The molecular weight excluding hydrogens is 402 g/mol. The summed E-state index contributed by atoms with van der Waals surface area (Å²) in [6.07, 6.45) is 4.01. The molecular formula is C25H29N5O2. The van der Waals surface area contributed by atoms with Crippen LogP contribution in [0.5, 0.6) is 5.75 Å². The van der Waals surface area contributed by atoms with Crippen molar-refractivity contribution in [2.75, 3.05) is 18.4 Å². The zero-order valence-electron chi connectivity index (χ0n) is 18.5. The maximum atomic E-state index is 12.5. The van der Waals surface area contributed by atoms with Crippen LogP contribution in [0, 0.1) is 12.3 Å². The first kappa shape index (κ1) is 21.8. The van der Waals surface area contributed by atoms with Crippen molar-refractivity contribution in [1.29, 1.82) is 5.41 Å². The molecule has 0 saturated carbocycles. The average molecular weight is 432 g/mol. The second kappa shape index (κ2) is 8.96. The highest BCUT2D eigenvalue weighted by Crippen LogP contribution is 2.33. The molecule has 0 amide bonds. The van der Waals surface area contributed by atoms with Gasteiger partial charge in [-0.05, 0) is 92.7 Å². The second-order valence-corrected chi connectivity index (χ2v) is 8.46. The Bertz CT molecular complexity index is 1180. The first-order chi connectivity index (χ1) is 15.3. The fraction of sp³-hybridized carbons (Fsp3) is 0.320. The van der Waals surface area contributed by atoms with E-state index in [9.17, 15) is 9.90 Å². The SMILES string of the molecule is CC(=O)C(c1cc2ccnc(NCc3cc(C(=N)N)ccc3O)c2cc1C)N1CCCC1. The highest BCUT2D eigenvalue weighted by Gasteiger charge is 2.28. The minimum Gasteiger partial charge on any atom is -0.508 e. The van der Waals surface area contributed by atoms with Crippen molar-refractivity contribution in [3.8, 4) is 5.75 Å². The van der Waals surface area contributed by atoms with E-state index in [0.717, 1.165) is 47.8 Å². The van der Waals surface area contributed by atoms with E-state index in [0.29, 0.717) is 23.5 Å². The monoisotopic (exact) mass is 431 g/mol. The number of benzene rings is 2. The fourth-order valence-corrected chi connectivity index (χ4v) is 4.53. The summed E-state index contributed by atoms with van der Waals surface area (Å²) < 4.78 is 0.